The fraction of sp³-hybridized carbons (Fsp3) is 0.474. The molecule has 1 saturated heterocycles. The monoisotopic (exact) mass is 392 g/mol. The second-order valence-corrected chi connectivity index (χ2v) is 7.17. The molecule has 4 rings (SSSR count). The third-order valence-corrected chi connectivity index (χ3v) is 5.57. The van der Waals surface area contributed by atoms with Crippen LogP contribution in [0.2, 0.25) is 0 Å². The topological polar surface area (TPSA) is 111 Å². The molecular formula is C19H21FN2O6. The minimum atomic E-state index is -1.45. The molecule has 0 radical (unpaired) electrons. The number of hydrogen-bond acceptors (Lipinski definition) is 6. The lowest BCUT2D eigenvalue weighted by molar-refractivity contribution is -0.141. The highest BCUT2D eigenvalue weighted by Gasteiger charge is 2.47. The van der Waals surface area contributed by atoms with Gasteiger partial charge in [-0.05, 0) is 36.1 Å². The third kappa shape index (κ3) is 2.95. The van der Waals surface area contributed by atoms with Crippen LogP contribution < -0.4 is 4.90 Å². The summed E-state index contributed by atoms with van der Waals surface area (Å²) in [5, 5.41) is 27.8. The number of amides is 2. The number of halogens is 1. The van der Waals surface area contributed by atoms with Crippen molar-refractivity contribution in [2.24, 2.45) is 0 Å². The van der Waals surface area contributed by atoms with Crippen molar-refractivity contribution >= 4 is 23.3 Å². The van der Waals surface area contributed by atoms with Crippen LogP contribution in [0, 0.1) is 5.82 Å². The van der Waals surface area contributed by atoms with Crippen molar-refractivity contribution in [1.82, 2.24) is 4.90 Å². The number of fused-ring (bicyclic) bond motifs is 3. The van der Waals surface area contributed by atoms with Crippen LogP contribution in [0.25, 0.3) is 5.57 Å². The highest BCUT2D eigenvalue weighted by Crippen LogP contribution is 2.41. The zero-order chi connectivity index (χ0) is 20.0. The Bertz CT molecular complexity index is 857. The lowest BCUT2D eigenvalue weighted by Crippen LogP contribution is -2.42. The summed E-state index contributed by atoms with van der Waals surface area (Å²) in [5.41, 5.74) is 2.44. The third-order valence-electron chi connectivity index (χ3n) is 5.57. The molecule has 3 heterocycles. The number of nitrogens with zero attached hydrogens (tertiary/aromatic N) is 2. The number of aliphatic hydroxyl groups is 3. The molecule has 150 valence electrons. The molecule has 9 heteroatoms. The average Bonchev–Trinajstić information content (AvgIpc) is 3.23. The molecule has 1 aromatic carbocycles. The molecule has 8 nitrogen and oxygen atoms in total. The van der Waals surface area contributed by atoms with Crippen molar-refractivity contribution in [1.29, 1.82) is 0 Å². The zero-order valence-corrected chi connectivity index (χ0v) is 15.0. The maximum Gasteiger partial charge on any atom is 0.415 e. The maximum atomic E-state index is 14.8. The summed E-state index contributed by atoms with van der Waals surface area (Å²) >= 11 is 0. The molecule has 0 bridgehead atoms. The Labute approximate surface area is 160 Å². The summed E-state index contributed by atoms with van der Waals surface area (Å²) in [5.74, 6) is -1.03. The summed E-state index contributed by atoms with van der Waals surface area (Å²) in [6.07, 6.45) is -0.0358. The smallest absolute Gasteiger partial charge is 0.415 e. The molecule has 2 amide bonds. The number of anilines is 1. The van der Waals surface area contributed by atoms with Gasteiger partial charge in [0.25, 0.3) is 5.91 Å². The van der Waals surface area contributed by atoms with Gasteiger partial charge in [-0.25, -0.2) is 9.18 Å². The number of aliphatic hydroxyl groups excluding tert-OH is 3. The molecule has 1 unspecified atom stereocenters. The van der Waals surface area contributed by atoms with E-state index in [0.29, 0.717) is 30.6 Å². The first-order valence-corrected chi connectivity index (χ1v) is 9.14. The van der Waals surface area contributed by atoms with E-state index < -0.39 is 36.6 Å². The van der Waals surface area contributed by atoms with E-state index in [9.17, 15) is 24.2 Å². The second-order valence-electron chi connectivity index (χ2n) is 7.17. The van der Waals surface area contributed by atoms with E-state index in [0.717, 1.165) is 11.1 Å². The standard InChI is InChI=1S/C19H21FN2O6/c20-13-7-14-11(6-15-17(9-24)28-19(27)22(14)15)5-12(13)10-1-3-21(4-2-10)18(26)16(25)8-23/h1,5,7,15-17,23-25H,2-4,6,8-9H2/t15-,16?,17-/m0/s1. The molecule has 3 atom stereocenters. The molecule has 0 spiro atoms. The fourth-order valence-electron chi connectivity index (χ4n) is 4.09. The summed E-state index contributed by atoms with van der Waals surface area (Å²) in [4.78, 5) is 26.8. The van der Waals surface area contributed by atoms with Gasteiger partial charge in [0.2, 0.25) is 0 Å². The van der Waals surface area contributed by atoms with Gasteiger partial charge < -0.3 is 25.0 Å². The fourth-order valence-corrected chi connectivity index (χ4v) is 4.09. The summed E-state index contributed by atoms with van der Waals surface area (Å²) in [6, 6.07) is 2.70. The molecule has 3 aliphatic heterocycles. The number of ether oxygens (including phenoxy) is 1. The Morgan fingerprint density at radius 3 is 2.79 bits per heavy atom. The van der Waals surface area contributed by atoms with Gasteiger partial charge in [0.1, 0.15) is 11.9 Å². The Morgan fingerprint density at radius 2 is 2.14 bits per heavy atom. The molecule has 0 aliphatic carbocycles. The largest absolute Gasteiger partial charge is 0.441 e. The summed E-state index contributed by atoms with van der Waals surface area (Å²) in [7, 11) is 0. The molecule has 3 aliphatic rings. The normalized spacial score (nSPS) is 24.6. The van der Waals surface area contributed by atoms with E-state index in [-0.39, 0.29) is 19.2 Å². The Balaban J connectivity index is 1.57. The van der Waals surface area contributed by atoms with E-state index in [4.69, 9.17) is 9.84 Å². The van der Waals surface area contributed by atoms with Crippen molar-refractivity contribution < 1.29 is 34.0 Å². The van der Waals surface area contributed by atoms with E-state index in [1.165, 1.54) is 15.9 Å². The van der Waals surface area contributed by atoms with Crippen LogP contribution in [0.1, 0.15) is 17.5 Å². The highest BCUT2D eigenvalue weighted by molar-refractivity contribution is 5.94. The van der Waals surface area contributed by atoms with Crippen molar-refractivity contribution in [3.8, 4) is 0 Å². The first-order chi connectivity index (χ1) is 13.4. The van der Waals surface area contributed by atoms with Gasteiger partial charge in [-0.1, -0.05) is 6.08 Å². The van der Waals surface area contributed by atoms with E-state index >= 15 is 0 Å². The van der Waals surface area contributed by atoms with Crippen molar-refractivity contribution in [3.05, 3.63) is 35.2 Å². The van der Waals surface area contributed by atoms with E-state index in [2.05, 4.69) is 0 Å². The van der Waals surface area contributed by atoms with Crippen molar-refractivity contribution in [2.75, 3.05) is 31.2 Å². The van der Waals surface area contributed by atoms with Gasteiger partial charge in [-0.15, -0.1) is 0 Å². The highest BCUT2D eigenvalue weighted by atomic mass is 19.1. The summed E-state index contributed by atoms with van der Waals surface area (Å²) in [6.45, 7) is -0.396. The zero-order valence-electron chi connectivity index (χ0n) is 15.0. The Hall–Kier alpha value is -2.49. The van der Waals surface area contributed by atoms with Crippen LogP contribution >= 0.6 is 0 Å². The molecule has 1 fully saturated rings. The number of rotatable bonds is 4. The second kappa shape index (κ2) is 7.16. The quantitative estimate of drug-likeness (QED) is 0.667. The van der Waals surface area contributed by atoms with Gasteiger partial charge >= 0.3 is 6.09 Å². The van der Waals surface area contributed by atoms with E-state index in [1.54, 1.807) is 12.1 Å². The number of hydrogen-bond donors (Lipinski definition) is 3. The molecule has 1 aromatic rings. The van der Waals surface area contributed by atoms with Crippen LogP contribution in [0.3, 0.4) is 0 Å². The maximum absolute atomic E-state index is 14.8. The Kier molecular flexibility index (Phi) is 4.82. The number of carbonyl (C=O) groups is 2. The molecule has 28 heavy (non-hydrogen) atoms. The first kappa shape index (κ1) is 18.9. The van der Waals surface area contributed by atoms with Crippen molar-refractivity contribution in [3.63, 3.8) is 0 Å². The number of carbonyl (C=O) groups excluding carboxylic acids is 2. The lowest BCUT2D eigenvalue weighted by Gasteiger charge is -2.28. The van der Waals surface area contributed by atoms with Gasteiger partial charge in [-0.2, -0.15) is 0 Å². The van der Waals surface area contributed by atoms with Gasteiger partial charge in [-0.3, -0.25) is 9.69 Å². The minimum absolute atomic E-state index is 0.218. The van der Waals surface area contributed by atoms with Gasteiger partial charge in [0.05, 0.1) is 24.9 Å². The summed E-state index contributed by atoms with van der Waals surface area (Å²) < 4.78 is 19.9. The Morgan fingerprint density at radius 1 is 1.36 bits per heavy atom. The lowest BCUT2D eigenvalue weighted by atomic mass is 9.95. The van der Waals surface area contributed by atoms with Crippen LogP contribution in [-0.4, -0.2) is 76.8 Å². The predicted molar refractivity (Wildman–Crippen MR) is 96.0 cm³/mol. The van der Waals surface area contributed by atoms with E-state index in [1.807, 2.05) is 0 Å². The number of benzene rings is 1. The van der Waals surface area contributed by atoms with Crippen LogP contribution in [-0.2, 0) is 16.0 Å². The molecule has 0 aromatic heterocycles. The average molecular weight is 392 g/mol. The predicted octanol–water partition coefficient (Wildman–Crippen LogP) is 0.0368. The van der Waals surface area contributed by atoms with Crippen LogP contribution in [0.5, 0.6) is 0 Å². The van der Waals surface area contributed by atoms with Gasteiger partial charge in [0.15, 0.2) is 6.10 Å². The minimum Gasteiger partial charge on any atom is -0.441 e. The number of cyclic esters (lactones) is 1. The molecule has 3 N–H and O–H groups in total. The first-order valence-electron chi connectivity index (χ1n) is 9.14. The van der Waals surface area contributed by atoms with Crippen LogP contribution in [0.4, 0.5) is 14.9 Å². The van der Waals surface area contributed by atoms with Gasteiger partial charge in [0, 0.05) is 18.7 Å². The molecule has 0 saturated carbocycles. The SMILES string of the molecule is O=C(C(O)CO)N1CC=C(c2cc3c(cc2F)N2C(=O)O[C@@H](CO)[C@@H]2C3)CC1. The van der Waals surface area contributed by atoms with Crippen LogP contribution in [0.15, 0.2) is 18.2 Å². The molecular weight excluding hydrogens is 371 g/mol. The van der Waals surface area contributed by atoms with Crippen molar-refractivity contribution in [2.45, 2.75) is 31.1 Å².